The van der Waals surface area contributed by atoms with Gasteiger partial charge in [0, 0.05) is 12.6 Å². The Labute approximate surface area is 94.7 Å². The third kappa shape index (κ3) is 3.59. The highest BCUT2D eigenvalue weighted by atomic mass is 16.4. The second kappa shape index (κ2) is 5.10. The largest absolute Gasteiger partial charge is 0.481 e. The molecule has 1 heterocycles. The predicted octanol–water partition coefficient (Wildman–Crippen LogP) is -1.49. The molecule has 0 saturated heterocycles. The van der Waals surface area contributed by atoms with Crippen LogP contribution < -0.4 is 16.6 Å². The molecular formula is C9H11N3O5. The van der Waals surface area contributed by atoms with Crippen LogP contribution >= 0.6 is 0 Å². The van der Waals surface area contributed by atoms with Crippen molar-refractivity contribution >= 4 is 11.9 Å². The van der Waals surface area contributed by atoms with Crippen molar-refractivity contribution in [1.82, 2.24) is 15.3 Å². The van der Waals surface area contributed by atoms with Crippen molar-refractivity contribution in [3.05, 3.63) is 32.6 Å². The molecule has 0 saturated carbocycles. The zero-order valence-corrected chi connectivity index (χ0v) is 8.94. The van der Waals surface area contributed by atoms with Gasteiger partial charge in [-0.15, -0.1) is 0 Å². The number of amides is 1. The zero-order chi connectivity index (χ0) is 13.0. The van der Waals surface area contributed by atoms with E-state index in [2.05, 4.69) is 10.3 Å². The van der Waals surface area contributed by atoms with Gasteiger partial charge < -0.3 is 15.4 Å². The number of aliphatic carboxylic acids is 1. The molecule has 4 N–H and O–H groups in total. The van der Waals surface area contributed by atoms with Gasteiger partial charge in [-0.1, -0.05) is 6.92 Å². The Morgan fingerprint density at radius 2 is 2.06 bits per heavy atom. The van der Waals surface area contributed by atoms with E-state index < -0.39 is 29.0 Å². The van der Waals surface area contributed by atoms with Gasteiger partial charge in [0.25, 0.3) is 11.5 Å². The lowest BCUT2D eigenvalue weighted by molar-refractivity contribution is -0.140. The first-order chi connectivity index (χ1) is 7.90. The van der Waals surface area contributed by atoms with E-state index in [1.165, 1.54) is 6.92 Å². The third-order valence-electron chi connectivity index (χ3n) is 2.00. The normalized spacial score (nSPS) is 11.8. The van der Waals surface area contributed by atoms with Gasteiger partial charge in [0.2, 0.25) is 0 Å². The SMILES string of the molecule is CC(CNC(=O)c1cc(=O)[nH]c(=O)[nH]1)C(=O)O. The summed E-state index contributed by atoms with van der Waals surface area (Å²) in [6.07, 6.45) is 0. The van der Waals surface area contributed by atoms with Crippen LogP contribution in [0.4, 0.5) is 0 Å². The van der Waals surface area contributed by atoms with Crippen LogP contribution in [-0.2, 0) is 4.79 Å². The Morgan fingerprint density at radius 1 is 1.41 bits per heavy atom. The van der Waals surface area contributed by atoms with Crippen LogP contribution in [-0.4, -0.2) is 33.5 Å². The summed E-state index contributed by atoms with van der Waals surface area (Å²) < 4.78 is 0. The molecule has 0 aliphatic rings. The Hall–Kier alpha value is -2.38. The minimum absolute atomic E-state index is 0.0942. The lowest BCUT2D eigenvalue weighted by Crippen LogP contribution is -2.34. The lowest BCUT2D eigenvalue weighted by Gasteiger charge is -2.07. The second-order valence-corrected chi connectivity index (χ2v) is 3.45. The van der Waals surface area contributed by atoms with Crippen LogP contribution in [0, 0.1) is 5.92 Å². The van der Waals surface area contributed by atoms with Crippen LogP contribution in [0.2, 0.25) is 0 Å². The summed E-state index contributed by atoms with van der Waals surface area (Å²) in [4.78, 5) is 47.8. The minimum atomic E-state index is -1.05. The van der Waals surface area contributed by atoms with Crippen molar-refractivity contribution < 1.29 is 14.7 Å². The molecule has 8 heteroatoms. The topological polar surface area (TPSA) is 132 Å². The summed E-state index contributed by atoms with van der Waals surface area (Å²) >= 11 is 0. The molecule has 1 unspecified atom stereocenters. The molecule has 1 aromatic heterocycles. The van der Waals surface area contributed by atoms with Gasteiger partial charge in [-0.05, 0) is 0 Å². The number of carbonyl (C=O) groups excluding carboxylic acids is 1. The molecule has 1 amide bonds. The number of hydrogen-bond donors (Lipinski definition) is 4. The van der Waals surface area contributed by atoms with Crippen LogP contribution in [0.15, 0.2) is 15.7 Å². The van der Waals surface area contributed by atoms with Crippen molar-refractivity contribution in [2.75, 3.05) is 6.54 Å². The Balaban J connectivity index is 2.74. The van der Waals surface area contributed by atoms with Gasteiger partial charge in [0.15, 0.2) is 0 Å². The maximum atomic E-state index is 11.4. The molecule has 0 bridgehead atoms. The fourth-order valence-electron chi connectivity index (χ4n) is 1.02. The Kier molecular flexibility index (Phi) is 3.81. The third-order valence-corrected chi connectivity index (χ3v) is 2.00. The summed E-state index contributed by atoms with van der Waals surface area (Å²) in [5, 5.41) is 10.9. The van der Waals surface area contributed by atoms with E-state index in [0.29, 0.717) is 0 Å². The number of aromatic amines is 2. The van der Waals surface area contributed by atoms with E-state index >= 15 is 0 Å². The first kappa shape index (κ1) is 12.7. The summed E-state index contributed by atoms with van der Waals surface area (Å²) in [6, 6.07) is 0.919. The molecule has 0 aromatic carbocycles. The Bertz CT molecular complexity index is 516. The number of carboxylic acids is 1. The fourth-order valence-corrected chi connectivity index (χ4v) is 1.02. The van der Waals surface area contributed by atoms with E-state index in [-0.39, 0.29) is 12.2 Å². The monoisotopic (exact) mass is 241 g/mol. The molecule has 1 atom stereocenters. The van der Waals surface area contributed by atoms with E-state index in [1.807, 2.05) is 4.98 Å². The summed E-state index contributed by atoms with van der Waals surface area (Å²) in [7, 11) is 0. The fraction of sp³-hybridized carbons (Fsp3) is 0.333. The molecule has 92 valence electrons. The molecule has 0 aliphatic heterocycles. The average Bonchev–Trinajstić information content (AvgIpc) is 2.23. The maximum absolute atomic E-state index is 11.4. The van der Waals surface area contributed by atoms with E-state index in [4.69, 9.17) is 5.11 Å². The van der Waals surface area contributed by atoms with E-state index in [9.17, 15) is 19.2 Å². The minimum Gasteiger partial charge on any atom is -0.481 e. The molecule has 1 aromatic rings. The summed E-state index contributed by atoms with van der Waals surface area (Å²) in [6.45, 7) is 1.33. The number of H-pyrrole nitrogens is 2. The van der Waals surface area contributed by atoms with Crippen molar-refractivity contribution in [1.29, 1.82) is 0 Å². The number of aromatic nitrogens is 2. The highest BCUT2D eigenvalue weighted by Gasteiger charge is 2.13. The van der Waals surface area contributed by atoms with Crippen molar-refractivity contribution in [3.8, 4) is 0 Å². The summed E-state index contributed by atoms with van der Waals surface area (Å²) in [5.41, 5.74) is -1.71. The van der Waals surface area contributed by atoms with Gasteiger partial charge in [-0.3, -0.25) is 19.4 Å². The molecule has 17 heavy (non-hydrogen) atoms. The average molecular weight is 241 g/mol. The molecule has 0 spiro atoms. The lowest BCUT2D eigenvalue weighted by atomic mass is 10.2. The van der Waals surface area contributed by atoms with Crippen LogP contribution in [0.25, 0.3) is 0 Å². The highest BCUT2D eigenvalue weighted by molar-refractivity contribution is 5.92. The molecule has 0 radical (unpaired) electrons. The number of hydrogen-bond acceptors (Lipinski definition) is 4. The van der Waals surface area contributed by atoms with Gasteiger partial charge in [-0.2, -0.15) is 0 Å². The Morgan fingerprint density at radius 3 is 2.59 bits per heavy atom. The number of carbonyl (C=O) groups is 2. The van der Waals surface area contributed by atoms with Crippen molar-refractivity contribution in [3.63, 3.8) is 0 Å². The first-order valence-electron chi connectivity index (χ1n) is 4.75. The van der Waals surface area contributed by atoms with Gasteiger partial charge >= 0.3 is 11.7 Å². The van der Waals surface area contributed by atoms with Crippen LogP contribution in [0.3, 0.4) is 0 Å². The van der Waals surface area contributed by atoms with E-state index in [0.717, 1.165) is 6.07 Å². The van der Waals surface area contributed by atoms with Gasteiger partial charge in [0.1, 0.15) is 5.69 Å². The van der Waals surface area contributed by atoms with Gasteiger partial charge in [-0.25, -0.2) is 4.79 Å². The highest BCUT2D eigenvalue weighted by Crippen LogP contribution is 1.93. The van der Waals surface area contributed by atoms with Gasteiger partial charge in [0.05, 0.1) is 5.92 Å². The zero-order valence-electron chi connectivity index (χ0n) is 8.94. The molecule has 8 nitrogen and oxygen atoms in total. The second-order valence-electron chi connectivity index (χ2n) is 3.45. The van der Waals surface area contributed by atoms with Crippen LogP contribution in [0.1, 0.15) is 17.4 Å². The summed E-state index contributed by atoms with van der Waals surface area (Å²) in [5.74, 6) is -2.52. The first-order valence-corrected chi connectivity index (χ1v) is 4.75. The maximum Gasteiger partial charge on any atom is 0.326 e. The number of rotatable bonds is 4. The smallest absolute Gasteiger partial charge is 0.326 e. The van der Waals surface area contributed by atoms with Crippen molar-refractivity contribution in [2.24, 2.45) is 5.92 Å². The standard InChI is InChI=1S/C9H11N3O5/c1-4(8(15)16)3-10-7(14)5-2-6(13)12-9(17)11-5/h2,4H,3H2,1H3,(H,10,14)(H,15,16)(H2,11,12,13,17). The predicted molar refractivity (Wildman–Crippen MR) is 56.8 cm³/mol. The quantitative estimate of drug-likeness (QED) is 0.510. The molecular weight excluding hydrogens is 230 g/mol. The van der Waals surface area contributed by atoms with Crippen molar-refractivity contribution in [2.45, 2.75) is 6.92 Å². The van der Waals surface area contributed by atoms with E-state index in [1.54, 1.807) is 0 Å². The molecule has 0 fully saturated rings. The number of carboxylic acid groups (broad SMARTS) is 1. The molecule has 0 aliphatic carbocycles. The number of nitrogens with one attached hydrogen (secondary N) is 3. The molecule has 1 rings (SSSR count). The van der Waals surface area contributed by atoms with Crippen LogP contribution in [0.5, 0.6) is 0 Å².